The molecule has 1 atom stereocenters. The van der Waals surface area contributed by atoms with E-state index < -0.39 is 22.8 Å². The van der Waals surface area contributed by atoms with Gasteiger partial charge in [0.15, 0.2) is 11.5 Å². The van der Waals surface area contributed by atoms with Crippen molar-refractivity contribution in [3.63, 3.8) is 0 Å². The lowest BCUT2D eigenvalue weighted by atomic mass is 10.1. The molecule has 1 aliphatic heterocycles. The molecule has 1 N–H and O–H groups in total. The first-order valence-corrected chi connectivity index (χ1v) is 8.47. The van der Waals surface area contributed by atoms with Crippen LogP contribution in [0.4, 0.5) is 5.69 Å². The second-order valence-electron chi connectivity index (χ2n) is 6.12. The van der Waals surface area contributed by atoms with E-state index in [9.17, 15) is 19.7 Å². The van der Waals surface area contributed by atoms with Crippen molar-refractivity contribution in [2.24, 2.45) is 0 Å². The maximum Gasteiger partial charge on any atom is 0.338 e. The fraction of sp³-hybridized carbons (Fsp3) is 0.263. The van der Waals surface area contributed by atoms with E-state index in [0.29, 0.717) is 24.7 Å². The number of non-ortho nitro benzene ring substituents is 1. The lowest BCUT2D eigenvalue weighted by molar-refractivity contribution is -0.384. The first-order chi connectivity index (χ1) is 13.4. The molecular formula is C19H18N2O7. The molecule has 2 aromatic carbocycles. The summed E-state index contributed by atoms with van der Waals surface area (Å²) >= 11 is 0. The zero-order valence-corrected chi connectivity index (χ0v) is 15.3. The van der Waals surface area contributed by atoms with E-state index in [1.165, 1.54) is 6.07 Å². The number of methoxy groups -OCH3 is 1. The number of amides is 1. The summed E-state index contributed by atoms with van der Waals surface area (Å²) in [7, 11) is 1.16. The Hall–Kier alpha value is -3.62. The highest BCUT2D eigenvalue weighted by Crippen LogP contribution is 2.32. The maximum atomic E-state index is 12.6. The van der Waals surface area contributed by atoms with Crippen LogP contribution in [0.5, 0.6) is 11.5 Å². The van der Waals surface area contributed by atoms with Gasteiger partial charge in [-0.3, -0.25) is 14.9 Å². The number of fused-ring (bicyclic) bond motifs is 1. The van der Waals surface area contributed by atoms with Crippen molar-refractivity contribution in [2.75, 3.05) is 20.3 Å². The number of nitro groups is 1. The number of carbonyl (C=O) groups is 2. The third kappa shape index (κ3) is 4.03. The van der Waals surface area contributed by atoms with Crippen LogP contribution in [-0.2, 0) is 4.74 Å². The molecule has 0 aromatic heterocycles. The molecule has 0 spiro atoms. The summed E-state index contributed by atoms with van der Waals surface area (Å²) in [6.45, 7) is 2.69. The Morgan fingerprint density at radius 3 is 2.46 bits per heavy atom. The van der Waals surface area contributed by atoms with E-state index in [2.05, 4.69) is 10.1 Å². The van der Waals surface area contributed by atoms with E-state index in [1.54, 1.807) is 25.1 Å². The lowest BCUT2D eigenvalue weighted by Gasteiger charge is -2.21. The zero-order chi connectivity index (χ0) is 20.3. The highest BCUT2D eigenvalue weighted by molar-refractivity contribution is 5.99. The summed E-state index contributed by atoms with van der Waals surface area (Å²) in [5.74, 6) is -0.100. The molecular weight excluding hydrogens is 368 g/mol. The van der Waals surface area contributed by atoms with Crippen LogP contribution < -0.4 is 14.8 Å². The molecule has 0 radical (unpaired) electrons. The van der Waals surface area contributed by atoms with E-state index in [4.69, 9.17) is 9.47 Å². The van der Waals surface area contributed by atoms with Gasteiger partial charge in [0.25, 0.3) is 11.6 Å². The highest BCUT2D eigenvalue weighted by Gasteiger charge is 2.20. The minimum atomic E-state index is -0.766. The van der Waals surface area contributed by atoms with Crippen LogP contribution in [0.25, 0.3) is 0 Å². The van der Waals surface area contributed by atoms with Gasteiger partial charge in [-0.25, -0.2) is 4.79 Å². The van der Waals surface area contributed by atoms with Crippen LogP contribution >= 0.6 is 0 Å². The van der Waals surface area contributed by atoms with Crippen LogP contribution in [0.3, 0.4) is 0 Å². The predicted molar refractivity (Wildman–Crippen MR) is 97.7 cm³/mol. The van der Waals surface area contributed by atoms with Gasteiger partial charge in [-0.05, 0) is 30.7 Å². The second kappa shape index (κ2) is 7.95. The molecule has 28 heavy (non-hydrogen) atoms. The summed E-state index contributed by atoms with van der Waals surface area (Å²) < 4.78 is 15.6. The number of carbonyl (C=O) groups excluding carboxylic acids is 2. The SMILES string of the molecule is COC(=O)c1cc(C(=O)NC(C)c2ccc3c(c2)OCCO3)cc([N+](=O)[O-])c1. The van der Waals surface area contributed by atoms with Crippen LogP contribution in [0.1, 0.15) is 39.2 Å². The van der Waals surface area contributed by atoms with Crippen LogP contribution in [0.15, 0.2) is 36.4 Å². The van der Waals surface area contributed by atoms with Gasteiger partial charge in [0.2, 0.25) is 0 Å². The number of nitro benzene ring substituents is 1. The predicted octanol–water partition coefficient (Wildman–Crippen LogP) is 2.64. The molecule has 1 heterocycles. The largest absolute Gasteiger partial charge is 0.486 e. The fourth-order valence-electron chi connectivity index (χ4n) is 2.78. The van der Waals surface area contributed by atoms with Crippen molar-refractivity contribution in [2.45, 2.75) is 13.0 Å². The zero-order valence-electron chi connectivity index (χ0n) is 15.3. The number of hydrogen-bond acceptors (Lipinski definition) is 7. The van der Waals surface area contributed by atoms with Crippen molar-refractivity contribution >= 4 is 17.6 Å². The molecule has 0 fully saturated rings. The monoisotopic (exact) mass is 386 g/mol. The third-order valence-corrected chi connectivity index (χ3v) is 4.23. The van der Waals surface area contributed by atoms with Gasteiger partial charge in [0.1, 0.15) is 13.2 Å². The number of nitrogens with zero attached hydrogens (tertiary/aromatic N) is 1. The van der Waals surface area contributed by atoms with Crippen LogP contribution in [-0.4, -0.2) is 37.1 Å². The Morgan fingerprint density at radius 1 is 1.11 bits per heavy atom. The summed E-state index contributed by atoms with van der Waals surface area (Å²) in [6.07, 6.45) is 0. The molecule has 0 bridgehead atoms. The Labute approximate surface area is 160 Å². The molecule has 0 saturated heterocycles. The number of rotatable bonds is 5. The molecule has 1 aliphatic rings. The number of benzene rings is 2. The van der Waals surface area contributed by atoms with Crippen molar-refractivity contribution < 1.29 is 28.7 Å². The number of ether oxygens (including phenoxy) is 3. The topological polar surface area (TPSA) is 117 Å². The number of nitrogens with one attached hydrogen (secondary N) is 1. The Morgan fingerprint density at radius 2 is 1.79 bits per heavy atom. The van der Waals surface area contributed by atoms with Crippen molar-refractivity contribution in [3.8, 4) is 11.5 Å². The van der Waals surface area contributed by atoms with Crippen molar-refractivity contribution in [3.05, 3.63) is 63.2 Å². The lowest BCUT2D eigenvalue weighted by Crippen LogP contribution is -2.27. The molecule has 9 nitrogen and oxygen atoms in total. The Kier molecular flexibility index (Phi) is 5.44. The molecule has 1 unspecified atom stereocenters. The first-order valence-electron chi connectivity index (χ1n) is 8.47. The summed E-state index contributed by atoms with van der Waals surface area (Å²) in [5, 5.41) is 13.9. The minimum Gasteiger partial charge on any atom is -0.486 e. The maximum absolute atomic E-state index is 12.6. The summed E-state index contributed by atoms with van der Waals surface area (Å²) in [5.41, 5.74) is 0.309. The quantitative estimate of drug-likeness (QED) is 0.477. The average Bonchev–Trinajstić information content (AvgIpc) is 2.72. The van der Waals surface area contributed by atoms with E-state index >= 15 is 0 Å². The first kappa shape index (κ1) is 19.2. The molecule has 3 rings (SSSR count). The molecule has 0 saturated carbocycles. The van der Waals surface area contributed by atoms with Gasteiger partial charge < -0.3 is 19.5 Å². The van der Waals surface area contributed by atoms with Gasteiger partial charge in [0, 0.05) is 17.7 Å². The molecule has 146 valence electrons. The summed E-state index contributed by atoms with van der Waals surface area (Å²) in [6, 6.07) is 8.34. The standard InChI is InChI=1S/C19H18N2O7/c1-11(12-3-4-16-17(10-12)28-6-5-27-16)20-18(22)13-7-14(19(23)26-2)9-15(8-13)21(24)25/h3-4,7-11H,5-6H2,1-2H3,(H,20,22). The van der Waals surface area contributed by atoms with Crippen molar-refractivity contribution in [1.82, 2.24) is 5.32 Å². The number of hydrogen-bond donors (Lipinski definition) is 1. The van der Waals surface area contributed by atoms with Crippen LogP contribution in [0, 0.1) is 10.1 Å². The Bertz CT molecular complexity index is 942. The van der Waals surface area contributed by atoms with Crippen LogP contribution in [0.2, 0.25) is 0 Å². The normalized spacial score (nSPS) is 13.4. The molecule has 9 heteroatoms. The highest BCUT2D eigenvalue weighted by atomic mass is 16.6. The van der Waals surface area contributed by atoms with Gasteiger partial charge in [-0.2, -0.15) is 0 Å². The second-order valence-corrected chi connectivity index (χ2v) is 6.12. The third-order valence-electron chi connectivity index (χ3n) is 4.23. The van der Waals surface area contributed by atoms with E-state index in [1.807, 2.05) is 0 Å². The van der Waals surface area contributed by atoms with E-state index in [-0.39, 0.29) is 16.8 Å². The van der Waals surface area contributed by atoms with Gasteiger partial charge in [-0.15, -0.1) is 0 Å². The minimum absolute atomic E-state index is 0.0148. The Balaban J connectivity index is 1.83. The smallest absolute Gasteiger partial charge is 0.338 e. The molecule has 1 amide bonds. The average molecular weight is 386 g/mol. The fourth-order valence-corrected chi connectivity index (χ4v) is 2.78. The number of esters is 1. The molecule has 2 aromatic rings. The van der Waals surface area contributed by atoms with E-state index in [0.717, 1.165) is 24.8 Å². The van der Waals surface area contributed by atoms with Gasteiger partial charge in [-0.1, -0.05) is 6.07 Å². The van der Waals surface area contributed by atoms with Gasteiger partial charge >= 0.3 is 5.97 Å². The molecule has 0 aliphatic carbocycles. The van der Waals surface area contributed by atoms with Crippen molar-refractivity contribution in [1.29, 1.82) is 0 Å². The van der Waals surface area contributed by atoms with Gasteiger partial charge in [0.05, 0.1) is 23.6 Å². The summed E-state index contributed by atoms with van der Waals surface area (Å²) in [4.78, 5) is 34.8.